The van der Waals surface area contributed by atoms with Gasteiger partial charge in [-0.05, 0) is 63.2 Å². The minimum Gasteiger partial charge on any atom is -0.469 e. The van der Waals surface area contributed by atoms with Crippen molar-refractivity contribution in [3.8, 4) is 0 Å². The van der Waals surface area contributed by atoms with Crippen LogP contribution in [-0.4, -0.2) is 39.2 Å². The van der Waals surface area contributed by atoms with Crippen molar-refractivity contribution in [1.82, 2.24) is 19.8 Å². The maximum absolute atomic E-state index is 11.5. The van der Waals surface area contributed by atoms with Crippen molar-refractivity contribution in [2.75, 3.05) is 13.7 Å². The quantitative estimate of drug-likeness (QED) is 0.567. The topological polar surface area (TPSA) is 59.4 Å². The summed E-state index contributed by atoms with van der Waals surface area (Å²) in [4.78, 5) is 18.3. The highest BCUT2D eigenvalue weighted by Crippen LogP contribution is 2.40. The zero-order valence-electron chi connectivity index (χ0n) is 16.9. The Balaban J connectivity index is 1.96. The fourth-order valence-corrected chi connectivity index (χ4v) is 4.43. The Kier molecular flexibility index (Phi) is 6.34. The standard InChI is InChI=1S/C21H28N4O2S/c1-5-24-14(2)13-16(15(24)3)20-19(17-9-6-7-11-22-17)23-21(28)25(20)12-8-10-18(26)27-4/h6-7,9,11,13,19-20H,5,8,10,12H2,1-4H3,(H,23,28)/t19-,20+/m1/s1. The Labute approximate surface area is 171 Å². The van der Waals surface area contributed by atoms with Gasteiger partial charge in [-0.2, -0.15) is 0 Å². The molecule has 150 valence electrons. The number of esters is 1. The Morgan fingerprint density at radius 1 is 1.36 bits per heavy atom. The summed E-state index contributed by atoms with van der Waals surface area (Å²) in [5, 5.41) is 4.17. The largest absolute Gasteiger partial charge is 0.469 e. The number of nitrogens with one attached hydrogen (secondary N) is 1. The summed E-state index contributed by atoms with van der Waals surface area (Å²) in [6.07, 6.45) is 2.88. The predicted molar refractivity (Wildman–Crippen MR) is 113 cm³/mol. The van der Waals surface area contributed by atoms with E-state index in [0.29, 0.717) is 24.5 Å². The predicted octanol–water partition coefficient (Wildman–Crippen LogP) is 3.45. The number of carbonyl (C=O) groups excluding carboxylic acids is 1. The molecule has 1 saturated heterocycles. The Morgan fingerprint density at radius 3 is 2.75 bits per heavy atom. The molecule has 0 aromatic carbocycles. The first kappa shape index (κ1) is 20.3. The van der Waals surface area contributed by atoms with Gasteiger partial charge in [-0.15, -0.1) is 0 Å². The van der Waals surface area contributed by atoms with Gasteiger partial charge < -0.3 is 19.5 Å². The normalized spacial score (nSPS) is 19.0. The maximum atomic E-state index is 11.5. The van der Waals surface area contributed by atoms with Crippen molar-refractivity contribution >= 4 is 23.3 Å². The van der Waals surface area contributed by atoms with Gasteiger partial charge in [0, 0.05) is 37.1 Å². The SMILES string of the molecule is CCn1c(C)cc([C@H]2[C@@H](c3ccccn3)NC(=S)N2CCCC(=O)OC)c1C. The number of aryl methyl sites for hydroxylation is 1. The van der Waals surface area contributed by atoms with Gasteiger partial charge in [-0.25, -0.2) is 0 Å². The van der Waals surface area contributed by atoms with Crippen molar-refractivity contribution in [2.24, 2.45) is 0 Å². The Hall–Kier alpha value is -2.41. The zero-order chi connectivity index (χ0) is 20.3. The van der Waals surface area contributed by atoms with Crippen LogP contribution >= 0.6 is 12.2 Å². The molecule has 0 spiro atoms. The number of rotatable bonds is 7. The smallest absolute Gasteiger partial charge is 0.305 e. The summed E-state index contributed by atoms with van der Waals surface area (Å²) in [5.74, 6) is -0.194. The molecule has 3 heterocycles. The third kappa shape index (κ3) is 3.90. The molecule has 0 aliphatic carbocycles. The lowest BCUT2D eigenvalue weighted by Crippen LogP contribution is -2.31. The minimum absolute atomic E-state index is 0.0300. The molecular formula is C21H28N4O2S. The number of thiocarbonyl (C=S) groups is 1. The summed E-state index contributed by atoms with van der Waals surface area (Å²) in [5.41, 5.74) is 4.70. The first-order chi connectivity index (χ1) is 13.5. The van der Waals surface area contributed by atoms with Gasteiger partial charge in [0.25, 0.3) is 0 Å². The van der Waals surface area contributed by atoms with E-state index in [2.05, 4.69) is 46.6 Å². The molecule has 0 radical (unpaired) electrons. The summed E-state index contributed by atoms with van der Waals surface area (Å²) in [6, 6.07) is 8.21. The average molecular weight is 401 g/mol. The van der Waals surface area contributed by atoms with E-state index in [-0.39, 0.29) is 18.1 Å². The molecule has 1 aliphatic heterocycles. The Morgan fingerprint density at radius 2 is 2.14 bits per heavy atom. The van der Waals surface area contributed by atoms with Crippen LogP contribution in [0.25, 0.3) is 0 Å². The molecule has 6 nitrogen and oxygen atoms in total. The van der Waals surface area contributed by atoms with E-state index in [1.165, 1.54) is 24.1 Å². The van der Waals surface area contributed by atoms with E-state index in [1.807, 2.05) is 24.4 Å². The van der Waals surface area contributed by atoms with Crippen molar-refractivity contribution in [2.45, 2.75) is 52.2 Å². The molecule has 0 amide bonds. The molecule has 2 atom stereocenters. The second kappa shape index (κ2) is 8.73. The molecule has 2 aromatic rings. The van der Waals surface area contributed by atoms with E-state index in [0.717, 1.165) is 12.2 Å². The van der Waals surface area contributed by atoms with E-state index >= 15 is 0 Å². The molecule has 1 aliphatic rings. The van der Waals surface area contributed by atoms with Gasteiger partial charge in [-0.3, -0.25) is 9.78 Å². The number of hydrogen-bond acceptors (Lipinski definition) is 4. The lowest BCUT2D eigenvalue weighted by molar-refractivity contribution is -0.140. The van der Waals surface area contributed by atoms with Crippen LogP contribution in [0.3, 0.4) is 0 Å². The minimum atomic E-state index is -0.194. The number of nitrogens with zero attached hydrogens (tertiary/aromatic N) is 3. The molecule has 1 fully saturated rings. The molecule has 2 aromatic heterocycles. The van der Waals surface area contributed by atoms with E-state index in [4.69, 9.17) is 17.0 Å². The summed E-state index contributed by atoms with van der Waals surface area (Å²) >= 11 is 5.68. The maximum Gasteiger partial charge on any atom is 0.305 e. The highest BCUT2D eigenvalue weighted by Gasteiger charge is 2.41. The van der Waals surface area contributed by atoms with Crippen molar-refractivity contribution in [3.05, 3.63) is 53.1 Å². The summed E-state index contributed by atoms with van der Waals surface area (Å²) in [6.45, 7) is 8.07. The van der Waals surface area contributed by atoms with Gasteiger partial charge in [-0.1, -0.05) is 6.07 Å². The number of methoxy groups -OCH3 is 1. The molecule has 1 N–H and O–H groups in total. The van der Waals surface area contributed by atoms with Gasteiger partial charge in [0.15, 0.2) is 5.11 Å². The fraction of sp³-hybridized carbons (Fsp3) is 0.476. The van der Waals surface area contributed by atoms with Crippen LogP contribution in [-0.2, 0) is 16.1 Å². The van der Waals surface area contributed by atoms with Crippen LogP contribution in [0.2, 0.25) is 0 Å². The zero-order valence-corrected chi connectivity index (χ0v) is 17.8. The highest BCUT2D eigenvalue weighted by atomic mass is 32.1. The molecular weight excluding hydrogens is 372 g/mol. The van der Waals surface area contributed by atoms with Crippen LogP contribution in [0.5, 0.6) is 0 Å². The second-order valence-corrected chi connectivity index (χ2v) is 7.46. The summed E-state index contributed by atoms with van der Waals surface area (Å²) < 4.78 is 7.10. The third-order valence-electron chi connectivity index (χ3n) is 5.45. The number of carbonyl (C=O) groups is 1. The van der Waals surface area contributed by atoms with Crippen LogP contribution in [0, 0.1) is 13.8 Å². The third-order valence-corrected chi connectivity index (χ3v) is 5.81. The van der Waals surface area contributed by atoms with Crippen LogP contribution < -0.4 is 5.32 Å². The fourth-order valence-electron chi connectivity index (χ4n) is 4.09. The number of hydrogen-bond donors (Lipinski definition) is 1. The van der Waals surface area contributed by atoms with E-state index in [1.54, 1.807) is 0 Å². The molecule has 0 saturated carbocycles. The number of ether oxygens (including phenoxy) is 1. The van der Waals surface area contributed by atoms with Crippen molar-refractivity contribution in [1.29, 1.82) is 0 Å². The second-order valence-electron chi connectivity index (χ2n) is 7.07. The lowest BCUT2D eigenvalue weighted by atomic mass is 9.96. The van der Waals surface area contributed by atoms with Gasteiger partial charge in [0.1, 0.15) is 0 Å². The Bertz CT molecular complexity index is 850. The molecule has 7 heteroatoms. The van der Waals surface area contributed by atoms with Gasteiger partial charge >= 0.3 is 5.97 Å². The van der Waals surface area contributed by atoms with Gasteiger partial charge in [0.2, 0.25) is 0 Å². The molecule has 0 bridgehead atoms. The van der Waals surface area contributed by atoms with E-state index < -0.39 is 0 Å². The first-order valence-corrected chi connectivity index (χ1v) is 10.1. The van der Waals surface area contributed by atoms with Crippen LogP contribution in [0.15, 0.2) is 30.5 Å². The van der Waals surface area contributed by atoms with Crippen LogP contribution in [0.4, 0.5) is 0 Å². The van der Waals surface area contributed by atoms with E-state index in [9.17, 15) is 4.79 Å². The molecule has 0 unspecified atom stereocenters. The number of aromatic nitrogens is 2. The van der Waals surface area contributed by atoms with Crippen molar-refractivity contribution in [3.63, 3.8) is 0 Å². The average Bonchev–Trinajstić information content (AvgIpc) is 3.17. The molecule has 28 heavy (non-hydrogen) atoms. The van der Waals surface area contributed by atoms with Crippen molar-refractivity contribution < 1.29 is 9.53 Å². The number of pyridine rings is 1. The van der Waals surface area contributed by atoms with Gasteiger partial charge in [0.05, 0.1) is 24.9 Å². The lowest BCUT2D eigenvalue weighted by Gasteiger charge is -2.28. The summed E-state index contributed by atoms with van der Waals surface area (Å²) in [7, 11) is 1.42. The monoisotopic (exact) mass is 400 g/mol. The highest BCUT2D eigenvalue weighted by molar-refractivity contribution is 7.80. The van der Waals surface area contributed by atoms with Crippen LogP contribution in [0.1, 0.15) is 54.5 Å². The molecule has 3 rings (SSSR count). The first-order valence-electron chi connectivity index (χ1n) is 9.69.